The van der Waals surface area contributed by atoms with Crippen molar-refractivity contribution in [2.24, 2.45) is 0 Å². The first-order valence-corrected chi connectivity index (χ1v) is 9.30. The van der Waals surface area contributed by atoms with Crippen molar-refractivity contribution in [2.45, 2.75) is 52.1 Å². The zero-order valence-corrected chi connectivity index (χ0v) is 16.3. The molecule has 7 heteroatoms. The number of hydrogen-bond donors (Lipinski definition) is 2. The zero-order valence-electron chi connectivity index (χ0n) is 13.9. The van der Waals surface area contributed by atoms with Crippen LogP contribution in [-0.2, 0) is 11.3 Å². The smallest absolute Gasteiger partial charge is 0.262 e. The van der Waals surface area contributed by atoms with E-state index >= 15 is 0 Å². The van der Waals surface area contributed by atoms with Crippen LogP contribution in [0.15, 0.2) is 27.5 Å². The molecule has 0 bridgehead atoms. The molecule has 0 aliphatic carbocycles. The lowest BCUT2D eigenvalue weighted by molar-refractivity contribution is -0.121. The van der Waals surface area contributed by atoms with Gasteiger partial charge in [0.1, 0.15) is 0 Å². The maximum absolute atomic E-state index is 12.6. The van der Waals surface area contributed by atoms with Crippen LogP contribution in [0.25, 0.3) is 10.9 Å². The van der Waals surface area contributed by atoms with Crippen molar-refractivity contribution in [1.82, 2.24) is 14.9 Å². The van der Waals surface area contributed by atoms with Crippen molar-refractivity contribution in [1.29, 1.82) is 0 Å². The van der Waals surface area contributed by atoms with E-state index in [-0.39, 0.29) is 17.5 Å². The molecule has 2 rings (SSSR count). The number of amides is 1. The molecule has 0 aliphatic heterocycles. The number of fused-ring (bicyclic) bond motifs is 1. The van der Waals surface area contributed by atoms with Crippen LogP contribution in [0.5, 0.6) is 0 Å². The highest BCUT2D eigenvalue weighted by Crippen LogP contribution is 2.15. The van der Waals surface area contributed by atoms with Gasteiger partial charge in [-0.15, -0.1) is 0 Å². The van der Waals surface area contributed by atoms with Crippen LogP contribution < -0.4 is 10.9 Å². The lowest BCUT2D eigenvalue weighted by Gasteiger charge is -2.09. The number of nitrogens with zero attached hydrogens (tertiary/aromatic N) is 1. The number of carbonyl (C=O) groups is 1. The van der Waals surface area contributed by atoms with Crippen LogP contribution in [0, 0.1) is 4.77 Å². The standard InChI is InChI=1S/C17H22BrN3O2S/c1-11(2)19-15(22)6-4-3-5-9-21-16(23)13-10-12(18)7-8-14(13)20-17(21)24/h7-8,10-11H,3-6,9H2,1-2H3,(H,19,22)(H,20,24). The fourth-order valence-electron chi connectivity index (χ4n) is 2.55. The highest BCUT2D eigenvalue weighted by Gasteiger charge is 2.07. The van der Waals surface area contributed by atoms with Crippen molar-refractivity contribution < 1.29 is 4.79 Å². The van der Waals surface area contributed by atoms with Crippen LogP contribution in [0.3, 0.4) is 0 Å². The normalized spacial score (nSPS) is 11.2. The van der Waals surface area contributed by atoms with Gasteiger partial charge in [0.2, 0.25) is 5.91 Å². The largest absolute Gasteiger partial charge is 0.354 e. The predicted molar refractivity (Wildman–Crippen MR) is 103 cm³/mol. The molecule has 0 radical (unpaired) electrons. The maximum Gasteiger partial charge on any atom is 0.262 e. The van der Waals surface area contributed by atoms with E-state index in [0.717, 1.165) is 29.3 Å². The monoisotopic (exact) mass is 411 g/mol. The third-order valence-electron chi connectivity index (χ3n) is 3.68. The summed E-state index contributed by atoms with van der Waals surface area (Å²) in [6.45, 7) is 4.45. The van der Waals surface area contributed by atoms with Gasteiger partial charge in [0.05, 0.1) is 10.9 Å². The molecular formula is C17H22BrN3O2S. The summed E-state index contributed by atoms with van der Waals surface area (Å²) in [5.74, 6) is 0.0787. The minimum absolute atomic E-state index is 0.0763. The average molecular weight is 412 g/mol. The Balaban J connectivity index is 1.97. The molecule has 1 heterocycles. The first kappa shape index (κ1) is 18.9. The number of aromatic amines is 1. The first-order chi connectivity index (χ1) is 11.4. The summed E-state index contributed by atoms with van der Waals surface area (Å²) < 4.78 is 2.89. The molecule has 1 aromatic carbocycles. The van der Waals surface area contributed by atoms with Crippen LogP contribution in [-0.4, -0.2) is 21.5 Å². The molecule has 1 aromatic heterocycles. The summed E-state index contributed by atoms with van der Waals surface area (Å²) in [5.41, 5.74) is 0.669. The Morgan fingerprint density at radius 1 is 1.33 bits per heavy atom. The molecule has 2 N–H and O–H groups in total. The summed E-state index contributed by atoms with van der Waals surface area (Å²) in [6, 6.07) is 5.69. The van der Waals surface area contributed by atoms with Crippen molar-refractivity contribution in [3.05, 3.63) is 37.8 Å². The minimum atomic E-state index is -0.0763. The Morgan fingerprint density at radius 3 is 2.79 bits per heavy atom. The summed E-state index contributed by atoms with van der Waals surface area (Å²) in [7, 11) is 0. The summed E-state index contributed by atoms with van der Waals surface area (Å²) in [5, 5.41) is 3.49. The molecule has 2 aromatic rings. The molecule has 0 unspecified atom stereocenters. The van der Waals surface area contributed by atoms with Gasteiger partial charge < -0.3 is 10.3 Å². The summed E-state index contributed by atoms with van der Waals surface area (Å²) >= 11 is 8.69. The number of H-pyrrole nitrogens is 1. The molecule has 130 valence electrons. The molecule has 0 spiro atoms. The van der Waals surface area contributed by atoms with Gasteiger partial charge in [-0.05, 0) is 57.1 Å². The number of benzene rings is 1. The topological polar surface area (TPSA) is 66.9 Å². The second-order valence-electron chi connectivity index (χ2n) is 6.11. The Kier molecular flexibility index (Phi) is 6.74. The van der Waals surface area contributed by atoms with Crippen LogP contribution in [0.1, 0.15) is 39.5 Å². The Labute approximate surface area is 154 Å². The quantitative estimate of drug-likeness (QED) is 0.535. The molecule has 0 aliphatic rings. The Morgan fingerprint density at radius 2 is 2.08 bits per heavy atom. The van der Waals surface area contributed by atoms with Gasteiger partial charge in [-0.3, -0.25) is 14.2 Å². The first-order valence-electron chi connectivity index (χ1n) is 8.10. The molecular weight excluding hydrogens is 390 g/mol. The number of hydrogen-bond acceptors (Lipinski definition) is 3. The van der Waals surface area contributed by atoms with E-state index in [1.165, 1.54) is 0 Å². The lowest BCUT2D eigenvalue weighted by atomic mass is 10.2. The van der Waals surface area contributed by atoms with Gasteiger partial charge in [0, 0.05) is 23.5 Å². The number of nitrogens with one attached hydrogen (secondary N) is 2. The molecule has 0 saturated carbocycles. The SMILES string of the molecule is CC(C)NC(=O)CCCCCn1c(=S)[nH]c2ccc(Br)cc2c1=O. The van der Waals surface area contributed by atoms with Crippen LogP contribution in [0.4, 0.5) is 0 Å². The molecule has 0 atom stereocenters. The fraction of sp³-hybridized carbons (Fsp3) is 0.471. The highest BCUT2D eigenvalue weighted by molar-refractivity contribution is 9.10. The fourth-order valence-corrected chi connectivity index (χ4v) is 3.20. The van der Waals surface area contributed by atoms with Gasteiger partial charge in [0.15, 0.2) is 4.77 Å². The number of halogens is 1. The van der Waals surface area contributed by atoms with E-state index in [0.29, 0.717) is 23.1 Å². The van der Waals surface area contributed by atoms with E-state index in [2.05, 4.69) is 26.2 Å². The summed E-state index contributed by atoms with van der Waals surface area (Å²) in [4.78, 5) is 27.3. The maximum atomic E-state index is 12.6. The molecule has 1 amide bonds. The van der Waals surface area contributed by atoms with Gasteiger partial charge in [0.25, 0.3) is 5.56 Å². The van der Waals surface area contributed by atoms with Crippen molar-refractivity contribution in [3.63, 3.8) is 0 Å². The second kappa shape index (κ2) is 8.58. The van der Waals surface area contributed by atoms with Gasteiger partial charge >= 0.3 is 0 Å². The van der Waals surface area contributed by atoms with E-state index in [9.17, 15) is 9.59 Å². The zero-order chi connectivity index (χ0) is 17.7. The average Bonchev–Trinajstić information content (AvgIpc) is 2.50. The highest BCUT2D eigenvalue weighted by atomic mass is 79.9. The second-order valence-corrected chi connectivity index (χ2v) is 7.41. The van der Waals surface area contributed by atoms with Crippen LogP contribution >= 0.6 is 28.1 Å². The molecule has 0 fully saturated rings. The predicted octanol–water partition coefficient (Wildman–Crippen LogP) is 3.91. The van der Waals surface area contributed by atoms with E-state index in [4.69, 9.17) is 12.2 Å². The van der Waals surface area contributed by atoms with Crippen molar-refractivity contribution in [2.75, 3.05) is 0 Å². The molecule has 0 saturated heterocycles. The van der Waals surface area contributed by atoms with Gasteiger partial charge in [-0.25, -0.2) is 0 Å². The summed E-state index contributed by atoms with van der Waals surface area (Å²) in [6.07, 6.45) is 3.02. The van der Waals surface area contributed by atoms with Gasteiger partial charge in [-0.2, -0.15) is 0 Å². The molecule has 24 heavy (non-hydrogen) atoms. The number of unbranched alkanes of at least 4 members (excludes halogenated alkanes) is 2. The van der Waals surface area contributed by atoms with E-state index in [1.807, 2.05) is 26.0 Å². The Bertz CT molecular complexity index is 842. The number of rotatable bonds is 7. The Hall–Kier alpha value is -1.47. The third kappa shape index (κ3) is 5.01. The number of carbonyl (C=O) groups excluding carboxylic acids is 1. The third-order valence-corrected chi connectivity index (χ3v) is 4.49. The van der Waals surface area contributed by atoms with E-state index in [1.54, 1.807) is 10.6 Å². The minimum Gasteiger partial charge on any atom is -0.354 e. The van der Waals surface area contributed by atoms with Crippen LogP contribution in [0.2, 0.25) is 0 Å². The van der Waals surface area contributed by atoms with E-state index < -0.39 is 0 Å². The van der Waals surface area contributed by atoms with Crippen molar-refractivity contribution >= 4 is 45.0 Å². The van der Waals surface area contributed by atoms with Gasteiger partial charge in [-0.1, -0.05) is 22.4 Å². The lowest BCUT2D eigenvalue weighted by Crippen LogP contribution is -2.29. The molecule has 5 nitrogen and oxygen atoms in total. The van der Waals surface area contributed by atoms with Crippen molar-refractivity contribution in [3.8, 4) is 0 Å². The number of aromatic nitrogens is 2.